The standard InChI is InChI=1S/C16H26N2O5/c1-23-7-6-18-10-12(8-14(18)19)15(20)17-9-11-4-2-3-5-13(11)16(21)22/h11-13H,2-10H2,1H3,(H,17,20)(H,21,22)/t11-,12?,13-/m0/s1. The van der Waals surface area contributed by atoms with E-state index in [4.69, 9.17) is 4.74 Å². The first kappa shape index (κ1) is 17.7. The minimum Gasteiger partial charge on any atom is -0.481 e. The highest BCUT2D eigenvalue weighted by molar-refractivity contribution is 5.89. The van der Waals surface area contributed by atoms with E-state index in [1.165, 1.54) is 0 Å². The van der Waals surface area contributed by atoms with Crippen LogP contribution in [0.3, 0.4) is 0 Å². The summed E-state index contributed by atoms with van der Waals surface area (Å²) in [6.07, 6.45) is 3.69. The lowest BCUT2D eigenvalue weighted by atomic mass is 9.79. The van der Waals surface area contributed by atoms with Crippen molar-refractivity contribution in [3.05, 3.63) is 0 Å². The minimum atomic E-state index is -0.772. The molecule has 0 bridgehead atoms. The molecule has 1 saturated carbocycles. The van der Waals surface area contributed by atoms with Crippen LogP contribution in [0.2, 0.25) is 0 Å². The molecule has 0 radical (unpaired) electrons. The molecule has 1 saturated heterocycles. The molecular formula is C16H26N2O5. The molecule has 7 heteroatoms. The molecule has 2 rings (SSSR count). The number of carboxylic acids is 1. The van der Waals surface area contributed by atoms with Crippen molar-refractivity contribution in [2.75, 3.05) is 33.4 Å². The number of nitrogens with one attached hydrogen (secondary N) is 1. The normalized spacial score (nSPS) is 28.0. The first-order valence-electron chi connectivity index (χ1n) is 8.30. The monoisotopic (exact) mass is 326 g/mol. The number of amides is 2. The van der Waals surface area contributed by atoms with Crippen molar-refractivity contribution in [2.24, 2.45) is 17.8 Å². The third kappa shape index (κ3) is 4.67. The van der Waals surface area contributed by atoms with Crippen LogP contribution in [0.4, 0.5) is 0 Å². The molecule has 0 aromatic heterocycles. The lowest BCUT2D eigenvalue weighted by Crippen LogP contribution is -2.40. The van der Waals surface area contributed by atoms with Gasteiger partial charge in [0.1, 0.15) is 0 Å². The number of carbonyl (C=O) groups is 3. The Morgan fingerprint density at radius 1 is 1.35 bits per heavy atom. The van der Waals surface area contributed by atoms with Gasteiger partial charge in [0.2, 0.25) is 11.8 Å². The van der Waals surface area contributed by atoms with E-state index in [1.54, 1.807) is 12.0 Å². The molecule has 3 atom stereocenters. The molecule has 2 aliphatic rings. The van der Waals surface area contributed by atoms with Gasteiger partial charge in [0.05, 0.1) is 18.4 Å². The van der Waals surface area contributed by atoms with Gasteiger partial charge in [0, 0.05) is 33.2 Å². The smallest absolute Gasteiger partial charge is 0.306 e. The average Bonchev–Trinajstić information content (AvgIpc) is 2.91. The van der Waals surface area contributed by atoms with E-state index in [9.17, 15) is 19.5 Å². The molecule has 2 N–H and O–H groups in total. The van der Waals surface area contributed by atoms with Crippen molar-refractivity contribution in [2.45, 2.75) is 32.1 Å². The molecule has 0 spiro atoms. The van der Waals surface area contributed by atoms with Gasteiger partial charge in [0.25, 0.3) is 0 Å². The first-order chi connectivity index (χ1) is 11.0. The van der Waals surface area contributed by atoms with Crippen LogP contribution < -0.4 is 5.32 Å². The number of nitrogens with zero attached hydrogens (tertiary/aromatic N) is 1. The summed E-state index contributed by atoms with van der Waals surface area (Å²) in [4.78, 5) is 37.0. The summed E-state index contributed by atoms with van der Waals surface area (Å²) >= 11 is 0. The van der Waals surface area contributed by atoms with Crippen LogP contribution in [-0.2, 0) is 19.1 Å². The zero-order chi connectivity index (χ0) is 16.8. The fourth-order valence-corrected chi connectivity index (χ4v) is 3.52. The molecular weight excluding hydrogens is 300 g/mol. The molecule has 0 aromatic carbocycles. The molecule has 0 aromatic rings. The van der Waals surface area contributed by atoms with Crippen LogP contribution >= 0.6 is 0 Å². The third-order valence-corrected chi connectivity index (χ3v) is 4.92. The quantitative estimate of drug-likeness (QED) is 0.710. The summed E-state index contributed by atoms with van der Waals surface area (Å²) in [5.41, 5.74) is 0. The molecule has 130 valence electrons. The van der Waals surface area contributed by atoms with Crippen LogP contribution in [0.25, 0.3) is 0 Å². The number of carbonyl (C=O) groups excluding carboxylic acids is 2. The summed E-state index contributed by atoms with van der Waals surface area (Å²) in [6, 6.07) is 0. The molecule has 23 heavy (non-hydrogen) atoms. The topological polar surface area (TPSA) is 95.9 Å². The molecule has 2 amide bonds. The van der Waals surface area contributed by atoms with Gasteiger partial charge >= 0.3 is 5.97 Å². The fraction of sp³-hybridized carbons (Fsp3) is 0.812. The van der Waals surface area contributed by atoms with E-state index in [-0.39, 0.29) is 36.0 Å². The van der Waals surface area contributed by atoms with Crippen molar-refractivity contribution < 1.29 is 24.2 Å². The van der Waals surface area contributed by atoms with Crippen LogP contribution in [-0.4, -0.2) is 61.1 Å². The molecule has 2 fully saturated rings. The molecule has 7 nitrogen and oxygen atoms in total. The second-order valence-electron chi connectivity index (χ2n) is 6.47. The number of carboxylic acid groups (broad SMARTS) is 1. The zero-order valence-corrected chi connectivity index (χ0v) is 13.6. The molecule has 1 aliphatic heterocycles. The van der Waals surface area contributed by atoms with Crippen LogP contribution in [0.15, 0.2) is 0 Å². The van der Waals surface area contributed by atoms with Crippen molar-refractivity contribution in [1.82, 2.24) is 10.2 Å². The Kier molecular flexibility index (Phi) is 6.38. The molecule has 1 aliphatic carbocycles. The number of hydrogen-bond donors (Lipinski definition) is 2. The van der Waals surface area contributed by atoms with Gasteiger partial charge in [-0.3, -0.25) is 14.4 Å². The van der Waals surface area contributed by atoms with Gasteiger partial charge < -0.3 is 20.1 Å². The molecule has 1 unspecified atom stereocenters. The summed E-state index contributed by atoms with van der Waals surface area (Å²) in [7, 11) is 1.58. The number of aliphatic carboxylic acids is 1. The lowest BCUT2D eigenvalue weighted by Gasteiger charge is -2.28. The minimum absolute atomic E-state index is 0.00750. The first-order valence-corrected chi connectivity index (χ1v) is 8.30. The maximum absolute atomic E-state index is 12.3. The van der Waals surface area contributed by atoms with Gasteiger partial charge in [0.15, 0.2) is 0 Å². The van der Waals surface area contributed by atoms with Crippen LogP contribution in [0.5, 0.6) is 0 Å². The van der Waals surface area contributed by atoms with Gasteiger partial charge in [-0.2, -0.15) is 0 Å². The van der Waals surface area contributed by atoms with Gasteiger partial charge in [-0.05, 0) is 18.8 Å². The summed E-state index contributed by atoms with van der Waals surface area (Å²) < 4.78 is 4.96. The summed E-state index contributed by atoms with van der Waals surface area (Å²) in [5, 5.41) is 12.1. The van der Waals surface area contributed by atoms with Crippen LogP contribution in [0.1, 0.15) is 32.1 Å². The van der Waals surface area contributed by atoms with E-state index >= 15 is 0 Å². The predicted molar refractivity (Wildman–Crippen MR) is 82.7 cm³/mol. The molecule has 1 heterocycles. The Labute approximate surface area is 136 Å². The maximum atomic E-state index is 12.3. The highest BCUT2D eigenvalue weighted by Gasteiger charge is 2.35. The van der Waals surface area contributed by atoms with E-state index in [1.807, 2.05) is 0 Å². The Morgan fingerprint density at radius 2 is 2.09 bits per heavy atom. The maximum Gasteiger partial charge on any atom is 0.306 e. The second-order valence-corrected chi connectivity index (χ2v) is 6.47. The van der Waals surface area contributed by atoms with Gasteiger partial charge in [-0.25, -0.2) is 0 Å². The van der Waals surface area contributed by atoms with E-state index in [2.05, 4.69) is 5.32 Å². The Hall–Kier alpha value is -1.63. The highest BCUT2D eigenvalue weighted by atomic mass is 16.5. The van der Waals surface area contributed by atoms with Gasteiger partial charge in [-0.15, -0.1) is 0 Å². The number of likely N-dealkylation sites (tertiary alicyclic amines) is 1. The largest absolute Gasteiger partial charge is 0.481 e. The summed E-state index contributed by atoms with van der Waals surface area (Å²) in [5.74, 6) is -1.66. The zero-order valence-electron chi connectivity index (χ0n) is 13.6. The number of rotatable bonds is 7. The average molecular weight is 326 g/mol. The Bertz CT molecular complexity index is 454. The van der Waals surface area contributed by atoms with E-state index in [0.717, 1.165) is 19.3 Å². The summed E-state index contributed by atoms with van der Waals surface area (Å²) in [6.45, 7) is 1.77. The number of methoxy groups -OCH3 is 1. The Balaban J connectivity index is 1.80. The van der Waals surface area contributed by atoms with E-state index in [0.29, 0.717) is 32.7 Å². The van der Waals surface area contributed by atoms with E-state index < -0.39 is 5.97 Å². The van der Waals surface area contributed by atoms with Crippen LogP contribution in [0, 0.1) is 17.8 Å². The third-order valence-electron chi connectivity index (χ3n) is 4.92. The predicted octanol–water partition coefficient (Wildman–Crippen LogP) is 0.489. The van der Waals surface area contributed by atoms with Crippen molar-refractivity contribution in [3.63, 3.8) is 0 Å². The van der Waals surface area contributed by atoms with Crippen molar-refractivity contribution in [3.8, 4) is 0 Å². The lowest BCUT2D eigenvalue weighted by molar-refractivity contribution is -0.145. The fourth-order valence-electron chi connectivity index (χ4n) is 3.52. The Morgan fingerprint density at radius 3 is 2.78 bits per heavy atom. The highest BCUT2D eigenvalue weighted by Crippen LogP contribution is 2.30. The SMILES string of the molecule is COCCN1CC(C(=O)NC[C@@H]2CCCC[C@@H]2C(=O)O)CC1=O. The van der Waals surface area contributed by atoms with Crippen molar-refractivity contribution in [1.29, 1.82) is 0 Å². The van der Waals surface area contributed by atoms with Crippen molar-refractivity contribution >= 4 is 17.8 Å². The van der Waals surface area contributed by atoms with Gasteiger partial charge in [-0.1, -0.05) is 12.8 Å². The number of ether oxygens (including phenoxy) is 1. The second kappa shape index (κ2) is 8.29. The number of hydrogen-bond acceptors (Lipinski definition) is 4.